The molecule has 1 heterocycles. The number of piperidine rings is 1. The number of nitrogens with zero attached hydrogens (tertiary/aromatic N) is 1. The zero-order valence-corrected chi connectivity index (χ0v) is 12.5. The van der Waals surface area contributed by atoms with Crippen LogP contribution in [0.15, 0.2) is 0 Å². The van der Waals surface area contributed by atoms with Crippen LogP contribution in [0.1, 0.15) is 53.4 Å². The maximum absolute atomic E-state index is 12.3. The fourth-order valence-electron chi connectivity index (χ4n) is 3.21. The second kappa shape index (κ2) is 4.80. The van der Waals surface area contributed by atoms with E-state index in [-0.39, 0.29) is 17.4 Å². The molecular weight excluding hydrogens is 242 g/mol. The highest BCUT2D eigenvalue weighted by Gasteiger charge is 2.48. The Kier molecular flexibility index (Phi) is 3.63. The Balaban J connectivity index is 1.93. The normalized spacial score (nSPS) is 26.8. The molecule has 2 aliphatic rings. The van der Waals surface area contributed by atoms with Crippen molar-refractivity contribution in [1.82, 2.24) is 4.90 Å². The molecule has 1 saturated carbocycles. The van der Waals surface area contributed by atoms with E-state index in [1.165, 1.54) is 0 Å². The summed E-state index contributed by atoms with van der Waals surface area (Å²) in [5.41, 5.74) is -0.595. The Morgan fingerprint density at radius 2 is 1.84 bits per heavy atom. The summed E-state index contributed by atoms with van der Waals surface area (Å²) >= 11 is 0. The van der Waals surface area contributed by atoms with Gasteiger partial charge in [0.05, 0.1) is 0 Å². The first-order chi connectivity index (χ1) is 8.73. The van der Waals surface area contributed by atoms with Gasteiger partial charge in [0, 0.05) is 24.4 Å². The summed E-state index contributed by atoms with van der Waals surface area (Å²) in [7, 11) is 0. The Morgan fingerprint density at radius 1 is 1.26 bits per heavy atom. The van der Waals surface area contributed by atoms with Crippen molar-refractivity contribution >= 4 is 11.9 Å². The van der Waals surface area contributed by atoms with E-state index in [1.54, 1.807) is 4.90 Å². The summed E-state index contributed by atoms with van der Waals surface area (Å²) in [5, 5.41) is 0. The number of hydrogen-bond acceptors (Lipinski definition) is 3. The van der Waals surface area contributed by atoms with Crippen molar-refractivity contribution in [3.8, 4) is 0 Å². The van der Waals surface area contributed by atoms with E-state index in [1.807, 2.05) is 27.7 Å². The molecule has 0 N–H and O–H groups in total. The number of carbonyl (C=O) groups excluding carboxylic acids is 2. The quantitative estimate of drug-likeness (QED) is 0.678. The predicted molar refractivity (Wildman–Crippen MR) is 72.9 cm³/mol. The van der Waals surface area contributed by atoms with Crippen LogP contribution in [-0.2, 0) is 9.53 Å². The number of rotatable bonds is 0. The van der Waals surface area contributed by atoms with Crippen molar-refractivity contribution in [2.75, 3.05) is 13.1 Å². The first-order valence-electron chi connectivity index (χ1n) is 7.26. The molecule has 108 valence electrons. The molecule has 0 bridgehead atoms. The van der Waals surface area contributed by atoms with Gasteiger partial charge in [-0.05, 0) is 46.5 Å². The zero-order chi connectivity index (χ0) is 14.3. The van der Waals surface area contributed by atoms with Gasteiger partial charge in [-0.15, -0.1) is 0 Å². The molecule has 0 radical (unpaired) electrons. The number of ketones is 1. The molecule has 1 atom stereocenters. The average molecular weight is 267 g/mol. The molecule has 0 aromatic heterocycles. The van der Waals surface area contributed by atoms with Crippen molar-refractivity contribution in [3.05, 3.63) is 0 Å². The van der Waals surface area contributed by atoms with E-state index in [0.717, 1.165) is 25.7 Å². The van der Waals surface area contributed by atoms with Crippen LogP contribution in [0.25, 0.3) is 0 Å². The highest BCUT2D eigenvalue weighted by Crippen LogP contribution is 2.45. The lowest BCUT2D eigenvalue weighted by atomic mass is 9.75. The second-order valence-corrected chi connectivity index (χ2v) is 7.05. The maximum atomic E-state index is 12.3. The molecule has 1 saturated heterocycles. The lowest BCUT2D eigenvalue weighted by molar-refractivity contribution is -0.130. The van der Waals surface area contributed by atoms with E-state index in [2.05, 4.69) is 0 Å². The van der Waals surface area contributed by atoms with Crippen molar-refractivity contribution in [2.24, 2.45) is 11.3 Å². The number of amides is 1. The van der Waals surface area contributed by atoms with Gasteiger partial charge in [0.15, 0.2) is 0 Å². The van der Waals surface area contributed by atoms with Crippen LogP contribution in [0.2, 0.25) is 0 Å². The molecule has 2 fully saturated rings. The lowest BCUT2D eigenvalue weighted by Crippen LogP contribution is -2.46. The Hall–Kier alpha value is -1.06. The molecule has 2 rings (SSSR count). The van der Waals surface area contributed by atoms with Crippen LogP contribution in [0.4, 0.5) is 4.79 Å². The zero-order valence-electron chi connectivity index (χ0n) is 12.5. The van der Waals surface area contributed by atoms with Crippen LogP contribution >= 0.6 is 0 Å². The Bertz CT molecular complexity index is 375. The average Bonchev–Trinajstić information content (AvgIpc) is 2.57. The SMILES string of the molecule is CC1CCC2(CCN(C(=O)OC(C)(C)C)CC2)C1=O. The van der Waals surface area contributed by atoms with E-state index < -0.39 is 5.60 Å². The van der Waals surface area contributed by atoms with Crippen LogP contribution in [0.3, 0.4) is 0 Å². The predicted octanol–water partition coefficient (Wildman–Crippen LogP) is 3.00. The van der Waals surface area contributed by atoms with Gasteiger partial charge in [-0.25, -0.2) is 4.79 Å². The molecule has 4 nitrogen and oxygen atoms in total. The largest absolute Gasteiger partial charge is 0.444 e. The summed E-state index contributed by atoms with van der Waals surface area (Å²) in [4.78, 5) is 26.0. The summed E-state index contributed by atoms with van der Waals surface area (Å²) in [6.45, 7) is 8.94. The lowest BCUT2D eigenvalue weighted by Gasteiger charge is -2.38. The highest BCUT2D eigenvalue weighted by molar-refractivity contribution is 5.89. The summed E-state index contributed by atoms with van der Waals surface area (Å²) in [5.74, 6) is 0.615. The Labute approximate surface area is 115 Å². The van der Waals surface area contributed by atoms with Crippen molar-refractivity contribution < 1.29 is 14.3 Å². The van der Waals surface area contributed by atoms with Gasteiger partial charge in [0.25, 0.3) is 0 Å². The minimum atomic E-state index is -0.454. The monoisotopic (exact) mass is 267 g/mol. The van der Waals surface area contributed by atoms with E-state index in [0.29, 0.717) is 18.9 Å². The molecule has 1 aliphatic heterocycles. The first-order valence-corrected chi connectivity index (χ1v) is 7.26. The van der Waals surface area contributed by atoms with Crippen LogP contribution in [0.5, 0.6) is 0 Å². The second-order valence-electron chi connectivity index (χ2n) is 7.05. The van der Waals surface area contributed by atoms with Gasteiger partial charge in [-0.3, -0.25) is 4.79 Å². The van der Waals surface area contributed by atoms with Crippen LogP contribution < -0.4 is 0 Å². The minimum absolute atomic E-state index is 0.141. The van der Waals surface area contributed by atoms with Crippen molar-refractivity contribution in [3.63, 3.8) is 0 Å². The first kappa shape index (κ1) is 14.4. The number of Topliss-reactive ketones (excluding diaryl/α,β-unsaturated/α-hetero) is 1. The molecule has 4 heteroatoms. The summed E-state index contributed by atoms with van der Waals surface area (Å²) < 4.78 is 5.38. The third-order valence-electron chi connectivity index (χ3n) is 4.40. The van der Waals surface area contributed by atoms with Gasteiger partial charge in [-0.1, -0.05) is 6.92 Å². The van der Waals surface area contributed by atoms with Crippen molar-refractivity contribution in [2.45, 2.75) is 59.0 Å². The molecular formula is C15H25NO3. The molecule has 1 amide bonds. The fraction of sp³-hybridized carbons (Fsp3) is 0.867. The third kappa shape index (κ3) is 2.93. The van der Waals surface area contributed by atoms with E-state index in [9.17, 15) is 9.59 Å². The van der Waals surface area contributed by atoms with Crippen LogP contribution in [-0.4, -0.2) is 35.5 Å². The van der Waals surface area contributed by atoms with E-state index in [4.69, 9.17) is 4.74 Å². The Morgan fingerprint density at radius 3 is 2.26 bits per heavy atom. The summed E-state index contributed by atoms with van der Waals surface area (Å²) in [6.07, 6.45) is 3.35. The maximum Gasteiger partial charge on any atom is 0.410 e. The molecule has 1 unspecified atom stereocenters. The number of carbonyl (C=O) groups is 2. The van der Waals surface area contributed by atoms with Gasteiger partial charge >= 0.3 is 6.09 Å². The number of ether oxygens (including phenoxy) is 1. The topological polar surface area (TPSA) is 46.6 Å². The minimum Gasteiger partial charge on any atom is -0.444 e. The van der Waals surface area contributed by atoms with Crippen LogP contribution in [0, 0.1) is 11.3 Å². The smallest absolute Gasteiger partial charge is 0.410 e. The number of hydrogen-bond donors (Lipinski definition) is 0. The molecule has 1 aliphatic carbocycles. The molecule has 0 aromatic rings. The van der Waals surface area contributed by atoms with Crippen molar-refractivity contribution in [1.29, 1.82) is 0 Å². The molecule has 0 aromatic carbocycles. The van der Waals surface area contributed by atoms with E-state index >= 15 is 0 Å². The highest BCUT2D eigenvalue weighted by atomic mass is 16.6. The van der Waals surface area contributed by atoms with Gasteiger partial charge < -0.3 is 9.64 Å². The fourth-order valence-corrected chi connectivity index (χ4v) is 3.21. The van der Waals surface area contributed by atoms with Gasteiger partial charge in [0.1, 0.15) is 11.4 Å². The summed E-state index contributed by atoms with van der Waals surface area (Å²) in [6, 6.07) is 0. The molecule has 1 spiro atoms. The third-order valence-corrected chi connectivity index (χ3v) is 4.40. The van der Waals surface area contributed by atoms with Gasteiger partial charge in [-0.2, -0.15) is 0 Å². The molecule has 19 heavy (non-hydrogen) atoms. The number of likely N-dealkylation sites (tertiary alicyclic amines) is 1. The standard InChI is InChI=1S/C15H25NO3/c1-11-5-6-15(12(11)17)7-9-16(10-8-15)13(18)19-14(2,3)4/h11H,5-10H2,1-4H3. The van der Waals surface area contributed by atoms with Gasteiger partial charge in [0.2, 0.25) is 0 Å².